The second-order valence-electron chi connectivity index (χ2n) is 4.87. The summed E-state index contributed by atoms with van der Waals surface area (Å²) in [6, 6.07) is 0.352. The Morgan fingerprint density at radius 2 is 2.06 bits per heavy atom. The van der Waals surface area contributed by atoms with E-state index in [1.54, 1.807) is 0 Å². The molecule has 0 bridgehead atoms. The summed E-state index contributed by atoms with van der Waals surface area (Å²) in [6.07, 6.45) is 4.34. The van der Waals surface area contributed by atoms with Gasteiger partial charge in [-0.25, -0.2) is 0 Å². The van der Waals surface area contributed by atoms with Crippen molar-refractivity contribution in [2.75, 3.05) is 39.4 Å². The molecule has 2 aliphatic rings. The number of hydrogen-bond donors (Lipinski definition) is 2. The van der Waals surface area contributed by atoms with Gasteiger partial charge in [-0.15, -0.1) is 0 Å². The Hall–Kier alpha value is -0.160. The zero-order valence-electron chi connectivity index (χ0n) is 10.0. The highest BCUT2D eigenvalue weighted by atomic mass is 16.5. The van der Waals surface area contributed by atoms with Crippen LogP contribution in [0.2, 0.25) is 0 Å². The molecule has 1 saturated carbocycles. The lowest BCUT2D eigenvalue weighted by Gasteiger charge is -2.26. The van der Waals surface area contributed by atoms with E-state index >= 15 is 0 Å². The molecule has 16 heavy (non-hydrogen) atoms. The normalized spacial score (nSPS) is 32.1. The van der Waals surface area contributed by atoms with Crippen LogP contribution in [0.5, 0.6) is 0 Å². The molecule has 0 radical (unpaired) electrons. The molecule has 1 aliphatic carbocycles. The van der Waals surface area contributed by atoms with E-state index in [-0.39, 0.29) is 6.10 Å². The van der Waals surface area contributed by atoms with Gasteiger partial charge in [0, 0.05) is 19.1 Å². The summed E-state index contributed by atoms with van der Waals surface area (Å²) >= 11 is 0. The molecule has 0 aromatic carbocycles. The summed E-state index contributed by atoms with van der Waals surface area (Å²) in [5.74, 6) is 0. The first kappa shape index (κ1) is 12.3. The fourth-order valence-electron chi connectivity index (χ4n) is 2.59. The highest BCUT2D eigenvalue weighted by Crippen LogP contribution is 2.18. The molecule has 1 saturated heterocycles. The van der Waals surface area contributed by atoms with Gasteiger partial charge < -0.3 is 15.2 Å². The van der Waals surface area contributed by atoms with Crippen LogP contribution in [0.15, 0.2) is 0 Å². The maximum absolute atomic E-state index is 9.65. The topological polar surface area (TPSA) is 44.7 Å². The number of aliphatic hydroxyl groups excluding tert-OH is 1. The lowest BCUT2D eigenvalue weighted by Crippen LogP contribution is -2.40. The molecule has 2 unspecified atom stereocenters. The first-order valence-electron chi connectivity index (χ1n) is 6.58. The Morgan fingerprint density at radius 3 is 2.75 bits per heavy atom. The summed E-state index contributed by atoms with van der Waals surface area (Å²) < 4.78 is 5.31. The standard InChI is InChI=1S/C12H24N2O2/c15-12-4-1-3-11(12)13-5-2-6-14-7-9-16-10-8-14/h11-13,15H,1-10H2. The zero-order chi connectivity index (χ0) is 11.2. The van der Waals surface area contributed by atoms with Gasteiger partial charge in [-0.3, -0.25) is 4.90 Å². The van der Waals surface area contributed by atoms with E-state index < -0.39 is 0 Å². The van der Waals surface area contributed by atoms with Crippen molar-refractivity contribution in [1.29, 1.82) is 0 Å². The van der Waals surface area contributed by atoms with Crippen LogP contribution in [0.3, 0.4) is 0 Å². The molecule has 2 fully saturated rings. The zero-order valence-corrected chi connectivity index (χ0v) is 10.0. The lowest BCUT2D eigenvalue weighted by atomic mass is 10.2. The molecular formula is C12H24N2O2. The predicted molar refractivity (Wildman–Crippen MR) is 63.5 cm³/mol. The van der Waals surface area contributed by atoms with Gasteiger partial charge in [0.05, 0.1) is 19.3 Å². The average Bonchev–Trinajstić information content (AvgIpc) is 2.72. The van der Waals surface area contributed by atoms with Crippen molar-refractivity contribution in [2.45, 2.75) is 37.8 Å². The summed E-state index contributed by atoms with van der Waals surface area (Å²) in [5, 5.41) is 13.1. The monoisotopic (exact) mass is 228 g/mol. The molecule has 1 aliphatic heterocycles. The van der Waals surface area contributed by atoms with Crippen molar-refractivity contribution in [1.82, 2.24) is 10.2 Å². The fraction of sp³-hybridized carbons (Fsp3) is 1.00. The molecule has 2 atom stereocenters. The minimum absolute atomic E-state index is 0.108. The summed E-state index contributed by atoms with van der Waals surface area (Å²) in [6.45, 7) is 6.10. The number of nitrogens with one attached hydrogen (secondary N) is 1. The Balaban J connectivity index is 1.51. The van der Waals surface area contributed by atoms with Crippen LogP contribution < -0.4 is 5.32 Å². The smallest absolute Gasteiger partial charge is 0.0693 e. The van der Waals surface area contributed by atoms with Crippen LogP contribution in [0, 0.1) is 0 Å². The van der Waals surface area contributed by atoms with Gasteiger partial charge in [-0.1, -0.05) is 0 Å². The SMILES string of the molecule is OC1CCCC1NCCCN1CCOCC1. The van der Waals surface area contributed by atoms with E-state index in [2.05, 4.69) is 10.2 Å². The Labute approximate surface area is 98.0 Å². The third-order valence-electron chi connectivity index (χ3n) is 3.64. The molecule has 94 valence electrons. The van der Waals surface area contributed by atoms with Crippen molar-refractivity contribution in [2.24, 2.45) is 0 Å². The molecular weight excluding hydrogens is 204 g/mol. The van der Waals surface area contributed by atoms with Crippen molar-refractivity contribution >= 4 is 0 Å². The highest BCUT2D eigenvalue weighted by molar-refractivity contribution is 4.82. The summed E-state index contributed by atoms with van der Waals surface area (Å²) in [5.41, 5.74) is 0. The molecule has 4 heteroatoms. The molecule has 0 aromatic heterocycles. The van der Waals surface area contributed by atoms with Gasteiger partial charge in [-0.2, -0.15) is 0 Å². The van der Waals surface area contributed by atoms with Gasteiger partial charge in [0.2, 0.25) is 0 Å². The molecule has 4 nitrogen and oxygen atoms in total. The molecule has 2 rings (SSSR count). The second-order valence-corrected chi connectivity index (χ2v) is 4.87. The first-order valence-corrected chi connectivity index (χ1v) is 6.58. The fourth-order valence-corrected chi connectivity index (χ4v) is 2.59. The van der Waals surface area contributed by atoms with Gasteiger partial charge in [0.25, 0.3) is 0 Å². The van der Waals surface area contributed by atoms with Crippen LogP contribution in [0.4, 0.5) is 0 Å². The van der Waals surface area contributed by atoms with Crippen LogP contribution in [0.1, 0.15) is 25.7 Å². The minimum Gasteiger partial charge on any atom is -0.392 e. The van der Waals surface area contributed by atoms with E-state index in [9.17, 15) is 5.11 Å². The second kappa shape index (κ2) is 6.55. The molecule has 2 N–H and O–H groups in total. The summed E-state index contributed by atoms with van der Waals surface area (Å²) in [7, 11) is 0. The quantitative estimate of drug-likeness (QED) is 0.660. The van der Waals surface area contributed by atoms with Gasteiger partial charge >= 0.3 is 0 Å². The average molecular weight is 228 g/mol. The third-order valence-corrected chi connectivity index (χ3v) is 3.64. The number of nitrogens with zero attached hydrogens (tertiary/aromatic N) is 1. The van der Waals surface area contributed by atoms with Crippen molar-refractivity contribution < 1.29 is 9.84 Å². The number of hydrogen-bond acceptors (Lipinski definition) is 4. The summed E-state index contributed by atoms with van der Waals surface area (Å²) in [4.78, 5) is 2.45. The maximum atomic E-state index is 9.65. The number of ether oxygens (including phenoxy) is 1. The first-order chi connectivity index (χ1) is 7.86. The maximum Gasteiger partial charge on any atom is 0.0693 e. The van der Waals surface area contributed by atoms with Crippen molar-refractivity contribution in [3.63, 3.8) is 0 Å². The van der Waals surface area contributed by atoms with E-state index in [4.69, 9.17) is 4.74 Å². The van der Waals surface area contributed by atoms with Crippen LogP contribution in [-0.2, 0) is 4.74 Å². The van der Waals surface area contributed by atoms with Crippen molar-refractivity contribution in [3.05, 3.63) is 0 Å². The lowest BCUT2D eigenvalue weighted by molar-refractivity contribution is 0.0372. The van der Waals surface area contributed by atoms with Gasteiger partial charge in [-0.05, 0) is 38.8 Å². The van der Waals surface area contributed by atoms with Crippen LogP contribution >= 0.6 is 0 Å². The van der Waals surface area contributed by atoms with Crippen LogP contribution in [0.25, 0.3) is 0 Å². The van der Waals surface area contributed by atoms with E-state index in [0.29, 0.717) is 6.04 Å². The van der Waals surface area contributed by atoms with E-state index in [1.165, 1.54) is 12.8 Å². The number of rotatable bonds is 5. The van der Waals surface area contributed by atoms with Gasteiger partial charge in [0.15, 0.2) is 0 Å². The van der Waals surface area contributed by atoms with E-state index in [1.807, 2.05) is 0 Å². The van der Waals surface area contributed by atoms with E-state index in [0.717, 1.165) is 52.2 Å². The number of aliphatic hydroxyl groups is 1. The largest absolute Gasteiger partial charge is 0.392 e. The predicted octanol–water partition coefficient (Wildman–Crippen LogP) is 0.212. The van der Waals surface area contributed by atoms with Gasteiger partial charge in [0.1, 0.15) is 0 Å². The third kappa shape index (κ3) is 3.70. The molecule has 0 spiro atoms. The Morgan fingerprint density at radius 1 is 1.25 bits per heavy atom. The highest BCUT2D eigenvalue weighted by Gasteiger charge is 2.24. The van der Waals surface area contributed by atoms with Crippen LogP contribution in [-0.4, -0.2) is 61.5 Å². The molecule has 0 amide bonds. The minimum atomic E-state index is -0.108. The molecule has 0 aromatic rings. The Kier molecular flexibility index (Phi) is 5.03. The van der Waals surface area contributed by atoms with Crippen molar-refractivity contribution in [3.8, 4) is 0 Å². The number of morpholine rings is 1. The Bertz CT molecular complexity index is 195. The molecule has 1 heterocycles.